The number of nitrogens with one attached hydrogen (secondary N) is 1. The number of ether oxygens (including phenoxy) is 4. The molecule has 2 aromatic carbocycles. The molecule has 57 heavy (non-hydrogen) atoms. The summed E-state index contributed by atoms with van der Waals surface area (Å²) in [6.45, 7) is 6.09. The van der Waals surface area contributed by atoms with Crippen LogP contribution < -0.4 is 5.32 Å². The summed E-state index contributed by atoms with van der Waals surface area (Å²) in [5.41, 5.74) is -4.77. The first-order valence-corrected chi connectivity index (χ1v) is 19.4. The zero-order valence-corrected chi connectivity index (χ0v) is 32.3. The summed E-state index contributed by atoms with van der Waals surface area (Å²) >= 11 is 0. The molecule has 1 heterocycles. The molecule has 2 bridgehead atoms. The molecular weight excluding hydrogens is 734 g/mol. The van der Waals surface area contributed by atoms with Gasteiger partial charge in [0.05, 0.1) is 35.8 Å². The molecule has 2 aromatic rings. The number of carbonyl (C=O) groups is 5. The van der Waals surface area contributed by atoms with E-state index >= 15 is 4.79 Å². The smallest absolute Gasteiger partial charge is 0.338 e. The molecule has 1 saturated heterocycles. The molecule has 302 valence electrons. The largest absolute Gasteiger partial charge is 0.456 e. The maximum atomic E-state index is 15.1. The zero-order valence-electron chi connectivity index (χ0n) is 32.3. The third kappa shape index (κ3) is 7.04. The van der Waals surface area contributed by atoms with Gasteiger partial charge in [0.2, 0.25) is 0 Å². The lowest BCUT2D eigenvalue weighted by Gasteiger charge is -2.64. The van der Waals surface area contributed by atoms with E-state index in [0.29, 0.717) is 12.0 Å². The molecule has 1 amide bonds. The summed E-state index contributed by atoms with van der Waals surface area (Å²) in [5, 5.41) is 39.6. The van der Waals surface area contributed by atoms with Crippen molar-refractivity contribution in [3.63, 3.8) is 0 Å². The minimum absolute atomic E-state index is 0.0673. The van der Waals surface area contributed by atoms with Gasteiger partial charge in [0, 0.05) is 48.5 Å². The minimum Gasteiger partial charge on any atom is -0.456 e. The Bertz CT molecular complexity index is 1990. The van der Waals surface area contributed by atoms with Crippen molar-refractivity contribution in [1.29, 1.82) is 0 Å². The minimum atomic E-state index is -2.14. The molecule has 7 rings (SSSR count). The Morgan fingerprint density at radius 3 is 2.19 bits per heavy atom. The highest BCUT2D eigenvalue weighted by molar-refractivity contribution is 5.96. The number of fused-ring (bicyclic) bond motifs is 5. The third-order valence-corrected chi connectivity index (χ3v) is 13.0. The van der Waals surface area contributed by atoms with Gasteiger partial charge in [-0.1, -0.05) is 74.5 Å². The number of esters is 3. The lowest BCUT2D eigenvalue weighted by molar-refractivity contribution is -0.277. The van der Waals surface area contributed by atoms with Crippen LogP contribution in [0.2, 0.25) is 0 Å². The second-order valence-corrected chi connectivity index (χ2v) is 16.5. The Kier molecular flexibility index (Phi) is 10.9. The van der Waals surface area contributed by atoms with Gasteiger partial charge in [0.1, 0.15) is 17.8 Å². The second-order valence-electron chi connectivity index (χ2n) is 16.5. The summed E-state index contributed by atoms with van der Waals surface area (Å²) in [6.07, 6.45) is 0.466. The number of Topliss-reactive ketones (excluding diaryl/α,β-unsaturated/α-hetero) is 1. The van der Waals surface area contributed by atoms with Crippen molar-refractivity contribution in [1.82, 2.24) is 5.32 Å². The lowest BCUT2D eigenvalue weighted by Crippen LogP contribution is -2.74. The molecule has 13 nitrogen and oxygen atoms in total. The zero-order chi connectivity index (χ0) is 40.9. The fraction of sp³-hybridized carbons (Fsp3) is 0.477. The van der Waals surface area contributed by atoms with Crippen LogP contribution in [-0.4, -0.2) is 99.8 Å². The van der Waals surface area contributed by atoms with Gasteiger partial charge >= 0.3 is 17.9 Å². The number of aliphatic hydroxyl groups excluding tert-OH is 2. The van der Waals surface area contributed by atoms with Crippen molar-refractivity contribution in [3.8, 4) is 0 Å². The van der Waals surface area contributed by atoms with Crippen LogP contribution in [0, 0.1) is 28.6 Å². The summed E-state index contributed by atoms with van der Waals surface area (Å²) < 4.78 is 23.9. The van der Waals surface area contributed by atoms with Gasteiger partial charge < -0.3 is 39.6 Å². The van der Waals surface area contributed by atoms with Crippen molar-refractivity contribution in [2.75, 3.05) is 6.61 Å². The van der Waals surface area contributed by atoms with Crippen molar-refractivity contribution in [2.24, 2.45) is 28.6 Å². The highest BCUT2D eigenvalue weighted by Gasteiger charge is 2.72. The van der Waals surface area contributed by atoms with Crippen molar-refractivity contribution < 1.29 is 58.2 Å². The molecule has 2 saturated carbocycles. The number of amides is 1. The van der Waals surface area contributed by atoms with E-state index in [-0.39, 0.29) is 30.6 Å². The van der Waals surface area contributed by atoms with Crippen LogP contribution in [0.4, 0.5) is 0 Å². The van der Waals surface area contributed by atoms with Gasteiger partial charge in [-0.3, -0.25) is 14.4 Å². The molecule has 1 aliphatic heterocycles. The average Bonchev–Trinajstić information content (AvgIpc) is 3.19. The van der Waals surface area contributed by atoms with Crippen LogP contribution in [0.25, 0.3) is 0 Å². The monoisotopic (exact) mass is 783 g/mol. The Hall–Kier alpha value is -4.95. The molecule has 1 unspecified atom stereocenters. The van der Waals surface area contributed by atoms with Crippen LogP contribution in [0.1, 0.15) is 67.7 Å². The van der Waals surface area contributed by atoms with Crippen LogP contribution in [0.3, 0.4) is 0 Å². The molecule has 5 aliphatic rings. The fourth-order valence-corrected chi connectivity index (χ4v) is 9.57. The average molecular weight is 784 g/mol. The summed E-state index contributed by atoms with van der Waals surface area (Å²) in [5.74, 6) is -5.92. The molecule has 4 aliphatic carbocycles. The van der Waals surface area contributed by atoms with E-state index < -0.39 is 106 Å². The number of benzene rings is 2. The Morgan fingerprint density at radius 1 is 0.930 bits per heavy atom. The standard InChI is InChI=1S/C44H49NO12/c1-24(46)55-36-30-20-28(56-41(52)35(48)34(25-14-8-5-9-15-25)45-39(50)26-16-10-6-11-17-26)22-44(53,42(30,2)3)38(57-40(51)27-18-12-7-13-19-27)33-29-23-54-31(29)21-32(47)43(33,4)37(36)49/h5-14,16-20,25,28-29,31-36,38,47-48,53H,15,21-23H2,1-4H3,(H,45,50)/t25?,28-,29-,31-,32+,33+,34+,35-,36-,38+,43-,44-/m1/s1. The number of ketones is 1. The predicted octanol–water partition coefficient (Wildman–Crippen LogP) is 3.42. The SMILES string of the molecule is CC(=O)O[C@H]1C(=O)[C@@]2(C)[C@@H]([C@@H]3CO[C@@H]3C[C@@H]2O)[C@H](OC(=O)c2ccccc2)[C@]2(O)C[C@H](OC(=O)[C@H](O)[C@@H](NC(=O)c3ccccc3)C3C=CC=CC3)C=C1C2(C)C. The lowest BCUT2D eigenvalue weighted by atomic mass is 9.46. The Labute approximate surface area is 330 Å². The van der Waals surface area contributed by atoms with Crippen molar-refractivity contribution >= 4 is 29.6 Å². The maximum absolute atomic E-state index is 15.1. The first kappa shape index (κ1) is 40.3. The van der Waals surface area contributed by atoms with Crippen molar-refractivity contribution in [3.05, 3.63) is 108 Å². The van der Waals surface area contributed by atoms with E-state index in [0.717, 1.165) is 6.92 Å². The first-order chi connectivity index (χ1) is 27.1. The number of carbonyl (C=O) groups excluding carboxylic acids is 5. The van der Waals surface area contributed by atoms with Gasteiger partial charge in [0.25, 0.3) is 5.91 Å². The number of allylic oxidation sites excluding steroid dienone is 3. The van der Waals surface area contributed by atoms with Crippen LogP contribution in [0.15, 0.2) is 96.6 Å². The van der Waals surface area contributed by atoms with E-state index in [1.807, 2.05) is 12.2 Å². The topological polar surface area (TPSA) is 195 Å². The number of rotatable bonds is 9. The fourth-order valence-electron chi connectivity index (χ4n) is 9.57. The number of hydrogen-bond donors (Lipinski definition) is 4. The quantitative estimate of drug-likeness (QED) is 0.165. The maximum Gasteiger partial charge on any atom is 0.338 e. The molecule has 0 radical (unpaired) electrons. The van der Waals surface area contributed by atoms with E-state index in [2.05, 4.69) is 5.32 Å². The molecular formula is C44H49NO12. The Morgan fingerprint density at radius 2 is 1.60 bits per heavy atom. The summed E-state index contributed by atoms with van der Waals surface area (Å²) in [6, 6.07) is 15.3. The van der Waals surface area contributed by atoms with E-state index in [4.69, 9.17) is 18.9 Å². The van der Waals surface area contributed by atoms with Crippen LogP contribution >= 0.6 is 0 Å². The number of hydrogen-bond acceptors (Lipinski definition) is 12. The number of aliphatic hydroxyl groups is 3. The van der Waals surface area contributed by atoms with Gasteiger partial charge in [-0.25, -0.2) is 9.59 Å². The van der Waals surface area contributed by atoms with Gasteiger partial charge in [-0.05, 0) is 49.3 Å². The summed E-state index contributed by atoms with van der Waals surface area (Å²) in [4.78, 5) is 69.2. The normalized spacial score (nSPS) is 34.6. The van der Waals surface area contributed by atoms with Gasteiger partial charge in [-0.15, -0.1) is 0 Å². The summed E-state index contributed by atoms with van der Waals surface area (Å²) in [7, 11) is 0. The predicted molar refractivity (Wildman–Crippen MR) is 203 cm³/mol. The Balaban J connectivity index is 1.30. The van der Waals surface area contributed by atoms with Gasteiger partial charge in [-0.2, -0.15) is 0 Å². The molecule has 4 N–H and O–H groups in total. The highest BCUT2D eigenvalue weighted by atomic mass is 16.6. The molecule has 0 aromatic heterocycles. The first-order valence-electron chi connectivity index (χ1n) is 19.4. The van der Waals surface area contributed by atoms with E-state index in [1.165, 1.54) is 6.08 Å². The highest BCUT2D eigenvalue weighted by Crippen LogP contribution is 2.61. The second kappa shape index (κ2) is 15.4. The molecule has 3 fully saturated rings. The molecule has 12 atom stereocenters. The third-order valence-electron chi connectivity index (χ3n) is 13.0. The molecule has 0 spiro atoms. The van der Waals surface area contributed by atoms with Crippen LogP contribution in [-0.2, 0) is 33.3 Å². The van der Waals surface area contributed by atoms with Gasteiger partial charge in [0.15, 0.2) is 18.0 Å². The van der Waals surface area contributed by atoms with Crippen LogP contribution in [0.5, 0.6) is 0 Å². The molecule has 13 heteroatoms. The van der Waals surface area contributed by atoms with E-state index in [9.17, 15) is 34.5 Å². The van der Waals surface area contributed by atoms with E-state index in [1.54, 1.807) is 93.6 Å². The van der Waals surface area contributed by atoms with Crippen molar-refractivity contribution in [2.45, 2.75) is 95.2 Å².